The zero-order valence-electron chi connectivity index (χ0n) is 13.7. The van der Waals surface area contributed by atoms with Crippen molar-refractivity contribution >= 4 is 11.6 Å². The Morgan fingerprint density at radius 1 is 1.00 bits per heavy atom. The highest BCUT2D eigenvalue weighted by Crippen LogP contribution is 2.18. The summed E-state index contributed by atoms with van der Waals surface area (Å²) in [5, 5.41) is 2.51. The number of nitrogens with zero attached hydrogens (tertiary/aromatic N) is 2. The van der Waals surface area contributed by atoms with E-state index in [2.05, 4.69) is 15.3 Å². The number of carbonyl (C=O) groups excluding carboxylic acids is 1. The van der Waals surface area contributed by atoms with Gasteiger partial charge in [-0.05, 0) is 26.0 Å². The summed E-state index contributed by atoms with van der Waals surface area (Å²) >= 11 is 0. The molecule has 0 aliphatic carbocycles. The monoisotopic (exact) mass is 339 g/mol. The van der Waals surface area contributed by atoms with E-state index >= 15 is 0 Å². The van der Waals surface area contributed by atoms with Crippen LogP contribution in [-0.2, 0) is 0 Å². The van der Waals surface area contributed by atoms with Crippen LogP contribution in [0.4, 0.5) is 14.5 Å². The van der Waals surface area contributed by atoms with E-state index in [0.29, 0.717) is 11.5 Å². The van der Waals surface area contributed by atoms with Gasteiger partial charge in [-0.1, -0.05) is 29.8 Å². The zero-order valence-corrected chi connectivity index (χ0v) is 13.7. The highest BCUT2D eigenvalue weighted by Gasteiger charge is 2.14. The van der Waals surface area contributed by atoms with Gasteiger partial charge in [-0.25, -0.2) is 18.7 Å². The number of hydrogen-bond acceptors (Lipinski definition) is 3. The summed E-state index contributed by atoms with van der Waals surface area (Å²) in [6, 6.07) is 10.9. The quantitative estimate of drug-likeness (QED) is 0.774. The van der Waals surface area contributed by atoms with Gasteiger partial charge in [0.15, 0.2) is 17.5 Å². The molecule has 126 valence electrons. The summed E-state index contributed by atoms with van der Waals surface area (Å²) in [7, 11) is 0. The van der Waals surface area contributed by atoms with Crippen LogP contribution >= 0.6 is 0 Å². The number of anilines is 1. The molecule has 0 spiro atoms. The van der Waals surface area contributed by atoms with Crippen molar-refractivity contribution in [1.82, 2.24) is 9.97 Å². The van der Waals surface area contributed by atoms with Gasteiger partial charge in [-0.2, -0.15) is 0 Å². The first-order valence-corrected chi connectivity index (χ1v) is 7.61. The molecule has 6 heteroatoms. The molecule has 0 fully saturated rings. The van der Waals surface area contributed by atoms with Gasteiger partial charge in [-0.15, -0.1) is 0 Å². The van der Waals surface area contributed by atoms with Crippen LogP contribution in [-0.4, -0.2) is 15.9 Å². The molecule has 0 radical (unpaired) electrons. The molecule has 1 heterocycles. The number of amides is 1. The molecule has 0 atom stereocenters. The standard InChI is InChI=1S/C19H15F2N3O/c1-11-3-5-13(6-4-11)18-22-10-15(12(2)23-18)19(25)24-14-7-8-16(20)17(21)9-14/h3-10H,1-2H3,(H,24,25). The summed E-state index contributed by atoms with van der Waals surface area (Å²) in [6.45, 7) is 3.68. The smallest absolute Gasteiger partial charge is 0.259 e. The lowest BCUT2D eigenvalue weighted by Gasteiger charge is -2.09. The van der Waals surface area contributed by atoms with Crippen molar-refractivity contribution in [3.8, 4) is 11.4 Å². The minimum absolute atomic E-state index is 0.158. The van der Waals surface area contributed by atoms with Gasteiger partial charge in [0.2, 0.25) is 0 Å². The molecule has 0 aliphatic heterocycles. The molecular formula is C19H15F2N3O. The molecule has 2 aromatic carbocycles. The third-order valence-corrected chi connectivity index (χ3v) is 3.71. The summed E-state index contributed by atoms with van der Waals surface area (Å²) < 4.78 is 26.2. The maximum Gasteiger partial charge on any atom is 0.259 e. The molecule has 0 saturated heterocycles. The lowest BCUT2D eigenvalue weighted by Crippen LogP contribution is -2.15. The largest absolute Gasteiger partial charge is 0.322 e. The molecule has 0 unspecified atom stereocenters. The fourth-order valence-electron chi connectivity index (χ4n) is 2.30. The van der Waals surface area contributed by atoms with Crippen LogP contribution in [0.3, 0.4) is 0 Å². The normalized spacial score (nSPS) is 10.6. The maximum atomic E-state index is 13.2. The van der Waals surface area contributed by atoms with E-state index < -0.39 is 17.5 Å². The molecule has 0 saturated carbocycles. The molecule has 0 aliphatic rings. The van der Waals surface area contributed by atoms with Crippen LogP contribution in [0.1, 0.15) is 21.6 Å². The van der Waals surface area contributed by atoms with Crippen molar-refractivity contribution in [2.75, 3.05) is 5.32 Å². The average molecular weight is 339 g/mol. The summed E-state index contributed by atoms with van der Waals surface area (Å²) in [4.78, 5) is 20.9. The summed E-state index contributed by atoms with van der Waals surface area (Å²) in [6.07, 6.45) is 1.42. The third-order valence-electron chi connectivity index (χ3n) is 3.71. The second-order valence-corrected chi connectivity index (χ2v) is 5.64. The van der Waals surface area contributed by atoms with Gasteiger partial charge >= 0.3 is 0 Å². The lowest BCUT2D eigenvalue weighted by molar-refractivity contribution is 0.102. The van der Waals surface area contributed by atoms with Gasteiger partial charge in [0.05, 0.1) is 11.3 Å². The Labute approximate surface area is 143 Å². The zero-order chi connectivity index (χ0) is 18.0. The molecule has 4 nitrogen and oxygen atoms in total. The summed E-state index contributed by atoms with van der Waals surface area (Å²) in [5.74, 6) is -1.97. The number of halogens is 2. The maximum absolute atomic E-state index is 13.2. The molecule has 25 heavy (non-hydrogen) atoms. The summed E-state index contributed by atoms with van der Waals surface area (Å²) in [5.41, 5.74) is 2.89. The second-order valence-electron chi connectivity index (χ2n) is 5.64. The van der Waals surface area contributed by atoms with E-state index in [9.17, 15) is 13.6 Å². The first-order chi connectivity index (χ1) is 11.9. The van der Waals surface area contributed by atoms with E-state index in [4.69, 9.17) is 0 Å². The highest BCUT2D eigenvalue weighted by molar-refractivity contribution is 6.04. The molecular weight excluding hydrogens is 324 g/mol. The number of benzene rings is 2. The Morgan fingerprint density at radius 3 is 2.36 bits per heavy atom. The van der Waals surface area contributed by atoms with Crippen LogP contribution in [0.5, 0.6) is 0 Å². The van der Waals surface area contributed by atoms with E-state index in [1.54, 1.807) is 6.92 Å². The average Bonchev–Trinajstić information content (AvgIpc) is 2.58. The lowest BCUT2D eigenvalue weighted by atomic mass is 10.1. The number of aromatic nitrogens is 2. The van der Waals surface area contributed by atoms with Crippen molar-refractivity contribution < 1.29 is 13.6 Å². The first kappa shape index (κ1) is 16.7. The van der Waals surface area contributed by atoms with Gasteiger partial charge in [0.1, 0.15) is 0 Å². The first-order valence-electron chi connectivity index (χ1n) is 7.61. The SMILES string of the molecule is Cc1ccc(-c2ncc(C(=O)Nc3ccc(F)c(F)c3)c(C)n2)cc1. The van der Waals surface area contributed by atoms with Gasteiger partial charge in [-0.3, -0.25) is 4.79 Å². The number of carbonyl (C=O) groups is 1. The van der Waals surface area contributed by atoms with Crippen molar-refractivity contribution in [3.63, 3.8) is 0 Å². The highest BCUT2D eigenvalue weighted by atomic mass is 19.2. The van der Waals surface area contributed by atoms with Gasteiger partial charge < -0.3 is 5.32 Å². The minimum atomic E-state index is -1.03. The number of hydrogen-bond donors (Lipinski definition) is 1. The number of rotatable bonds is 3. The molecule has 1 amide bonds. The van der Waals surface area contributed by atoms with Crippen LogP contribution in [0.25, 0.3) is 11.4 Å². The van der Waals surface area contributed by atoms with E-state index in [0.717, 1.165) is 23.3 Å². The Balaban J connectivity index is 1.83. The molecule has 1 aromatic heterocycles. The third kappa shape index (κ3) is 3.68. The molecule has 1 N–H and O–H groups in total. The van der Waals surface area contributed by atoms with E-state index in [1.807, 2.05) is 31.2 Å². The van der Waals surface area contributed by atoms with E-state index in [1.165, 1.54) is 12.3 Å². The Morgan fingerprint density at radius 2 is 1.72 bits per heavy atom. The van der Waals surface area contributed by atoms with E-state index in [-0.39, 0.29) is 11.3 Å². The van der Waals surface area contributed by atoms with Crippen LogP contribution in [0.15, 0.2) is 48.7 Å². The molecule has 0 bridgehead atoms. The van der Waals surface area contributed by atoms with Crippen LogP contribution in [0, 0.1) is 25.5 Å². The molecule has 3 rings (SSSR count). The Hall–Kier alpha value is -3.15. The minimum Gasteiger partial charge on any atom is -0.322 e. The van der Waals surface area contributed by atoms with Gasteiger partial charge in [0.25, 0.3) is 5.91 Å². The number of aryl methyl sites for hydroxylation is 2. The van der Waals surface area contributed by atoms with Crippen molar-refractivity contribution in [3.05, 3.63) is 77.1 Å². The predicted octanol–water partition coefficient (Wildman–Crippen LogP) is 4.29. The second kappa shape index (κ2) is 6.76. The van der Waals surface area contributed by atoms with Gasteiger partial charge in [0, 0.05) is 23.5 Å². The predicted molar refractivity (Wildman–Crippen MR) is 91.3 cm³/mol. The molecule has 3 aromatic rings. The van der Waals surface area contributed by atoms with Crippen molar-refractivity contribution in [2.24, 2.45) is 0 Å². The Bertz CT molecular complexity index is 940. The fraction of sp³-hybridized carbons (Fsp3) is 0.105. The topological polar surface area (TPSA) is 54.9 Å². The number of nitrogens with one attached hydrogen (secondary N) is 1. The van der Waals surface area contributed by atoms with Crippen LogP contribution in [0.2, 0.25) is 0 Å². The van der Waals surface area contributed by atoms with Crippen molar-refractivity contribution in [1.29, 1.82) is 0 Å². The van der Waals surface area contributed by atoms with Crippen LogP contribution < -0.4 is 5.32 Å². The van der Waals surface area contributed by atoms with Crippen molar-refractivity contribution in [2.45, 2.75) is 13.8 Å². The Kier molecular flexibility index (Phi) is 4.52. The fourth-order valence-corrected chi connectivity index (χ4v) is 2.30.